The molecular formula is C18H29IN6. The number of hydrogen-bond acceptors (Lipinski definition) is 3. The zero-order valence-electron chi connectivity index (χ0n) is 15.6. The fourth-order valence-electron chi connectivity index (χ4n) is 2.51. The Morgan fingerprint density at radius 3 is 2.44 bits per heavy atom. The first kappa shape index (κ1) is 21.4. The maximum atomic E-state index is 4.70. The van der Waals surface area contributed by atoms with Gasteiger partial charge >= 0.3 is 0 Å². The van der Waals surface area contributed by atoms with Gasteiger partial charge in [0.25, 0.3) is 0 Å². The third kappa shape index (κ3) is 6.30. The highest BCUT2D eigenvalue weighted by atomic mass is 127. The number of halogens is 1. The van der Waals surface area contributed by atoms with Crippen molar-refractivity contribution < 1.29 is 0 Å². The van der Waals surface area contributed by atoms with Crippen LogP contribution in [0.5, 0.6) is 0 Å². The standard InChI is InChI=1S/C18H28N6.HI/c1-5-15-8-10-16(11-9-15)13-23(4)18(19-6-2)20-12-17-22-21-14-24(17)7-3;/h8-11,14H,5-7,12-13H2,1-4H3,(H,19,20);1H. The Kier molecular flexibility index (Phi) is 9.48. The lowest BCUT2D eigenvalue weighted by atomic mass is 10.1. The Labute approximate surface area is 167 Å². The molecule has 25 heavy (non-hydrogen) atoms. The minimum absolute atomic E-state index is 0. The Hall–Kier alpha value is -1.64. The van der Waals surface area contributed by atoms with Crippen LogP contribution in [0.2, 0.25) is 0 Å². The summed E-state index contributed by atoms with van der Waals surface area (Å²) in [5, 5.41) is 11.4. The van der Waals surface area contributed by atoms with Crippen LogP contribution in [0.25, 0.3) is 0 Å². The minimum Gasteiger partial charge on any atom is -0.357 e. The first-order valence-corrected chi connectivity index (χ1v) is 8.61. The van der Waals surface area contributed by atoms with Gasteiger partial charge < -0.3 is 14.8 Å². The average molecular weight is 456 g/mol. The van der Waals surface area contributed by atoms with E-state index in [2.05, 4.69) is 72.5 Å². The van der Waals surface area contributed by atoms with Crippen molar-refractivity contribution in [3.63, 3.8) is 0 Å². The molecular weight excluding hydrogens is 427 g/mol. The molecule has 0 fully saturated rings. The Morgan fingerprint density at radius 2 is 1.84 bits per heavy atom. The second-order valence-corrected chi connectivity index (χ2v) is 5.73. The molecule has 1 N–H and O–H groups in total. The quantitative estimate of drug-likeness (QED) is 0.395. The molecule has 1 aromatic heterocycles. The Bertz CT molecular complexity index is 650. The van der Waals surface area contributed by atoms with E-state index in [0.717, 1.165) is 37.8 Å². The van der Waals surface area contributed by atoms with Crippen LogP contribution in [-0.2, 0) is 26.1 Å². The van der Waals surface area contributed by atoms with Gasteiger partial charge in [0.05, 0.1) is 0 Å². The fraction of sp³-hybridized carbons (Fsp3) is 0.500. The number of aryl methyl sites for hydroxylation is 2. The summed E-state index contributed by atoms with van der Waals surface area (Å²) in [7, 11) is 2.06. The van der Waals surface area contributed by atoms with Crippen molar-refractivity contribution >= 4 is 29.9 Å². The molecule has 0 saturated carbocycles. The third-order valence-corrected chi connectivity index (χ3v) is 3.95. The van der Waals surface area contributed by atoms with Gasteiger partial charge in [-0.05, 0) is 31.4 Å². The van der Waals surface area contributed by atoms with Gasteiger partial charge in [-0.25, -0.2) is 4.99 Å². The lowest BCUT2D eigenvalue weighted by molar-refractivity contribution is 0.476. The summed E-state index contributed by atoms with van der Waals surface area (Å²) in [5.74, 6) is 1.76. The van der Waals surface area contributed by atoms with Gasteiger partial charge in [0.1, 0.15) is 12.9 Å². The summed E-state index contributed by atoms with van der Waals surface area (Å²) < 4.78 is 2.01. The molecule has 2 aromatic rings. The van der Waals surface area contributed by atoms with Crippen molar-refractivity contribution in [3.8, 4) is 0 Å². The van der Waals surface area contributed by atoms with E-state index in [1.807, 2.05) is 4.57 Å². The molecule has 0 radical (unpaired) electrons. The van der Waals surface area contributed by atoms with E-state index in [4.69, 9.17) is 4.99 Å². The third-order valence-electron chi connectivity index (χ3n) is 3.95. The van der Waals surface area contributed by atoms with Crippen LogP contribution in [-0.4, -0.2) is 39.2 Å². The molecule has 6 nitrogen and oxygen atoms in total. The predicted molar refractivity (Wildman–Crippen MR) is 113 cm³/mol. The predicted octanol–water partition coefficient (Wildman–Crippen LogP) is 3.08. The second-order valence-electron chi connectivity index (χ2n) is 5.73. The van der Waals surface area contributed by atoms with Gasteiger partial charge in [-0.15, -0.1) is 34.2 Å². The number of hydrogen-bond donors (Lipinski definition) is 1. The summed E-state index contributed by atoms with van der Waals surface area (Å²) in [6, 6.07) is 8.76. The van der Waals surface area contributed by atoms with Crippen LogP contribution in [0, 0.1) is 0 Å². The number of rotatable bonds is 7. The van der Waals surface area contributed by atoms with Crippen molar-refractivity contribution in [2.45, 2.75) is 46.8 Å². The molecule has 1 heterocycles. The highest BCUT2D eigenvalue weighted by Crippen LogP contribution is 2.08. The van der Waals surface area contributed by atoms with E-state index >= 15 is 0 Å². The lowest BCUT2D eigenvalue weighted by Gasteiger charge is -2.22. The zero-order valence-corrected chi connectivity index (χ0v) is 17.9. The highest BCUT2D eigenvalue weighted by molar-refractivity contribution is 14.0. The molecule has 0 aliphatic heterocycles. The molecule has 0 aliphatic rings. The zero-order chi connectivity index (χ0) is 17.4. The molecule has 0 saturated heterocycles. The molecule has 7 heteroatoms. The van der Waals surface area contributed by atoms with Crippen molar-refractivity contribution in [3.05, 3.63) is 47.5 Å². The van der Waals surface area contributed by atoms with E-state index in [1.54, 1.807) is 6.33 Å². The van der Waals surface area contributed by atoms with Gasteiger partial charge in [0.2, 0.25) is 0 Å². The van der Waals surface area contributed by atoms with Crippen LogP contribution in [0.3, 0.4) is 0 Å². The van der Waals surface area contributed by atoms with E-state index < -0.39 is 0 Å². The largest absolute Gasteiger partial charge is 0.357 e. The van der Waals surface area contributed by atoms with Gasteiger partial charge in [0.15, 0.2) is 11.8 Å². The molecule has 0 aliphatic carbocycles. The normalized spacial score (nSPS) is 11.1. The molecule has 0 spiro atoms. The SMILES string of the molecule is CCNC(=NCc1nncn1CC)N(C)Cc1ccc(CC)cc1.I. The van der Waals surface area contributed by atoms with Crippen molar-refractivity contribution in [1.29, 1.82) is 0 Å². The number of nitrogens with one attached hydrogen (secondary N) is 1. The lowest BCUT2D eigenvalue weighted by Crippen LogP contribution is -2.38. The fourth-order valence-corrected chi connectivity index (χ4v) is 2.51. The summed E-state index contributed by atoms with van der Waals surface area (Å²) in [4.78, 5) is 6.84. The van der Waals surface area contributed by atoms with E-state index in [-0.39, 0.29) is 24.0 Å². The maximum Gasteiger partial charge on any atom is 0.194 e. The molecule has 138 valence electrons. The molecule has 0 unspecified atom stereocenters. The number of nitrogens with zero attached hydrogens (tertiary/aromatic N) is 5. The number of aromatic nitrogens is 3. The van der Waals surface area contributed by atoms with Crippen LogP contribution in [0.15, 0.2) is 35.6 Å². The van der Waals surface area contributed by atoms with Crippen LogP contribution >= 0.6 is 24.0 Å². The van der Waals surface area contributed by atoms with Crippen LogP contribution < -0.4 is 5.32 Å². The topological polar surface area (TPSA) is 58.3 Å². The van der Waals surface area contributed by atoms with Gasteiger partial charge in [-0.3, -0.25) is 0 Å². The maximum absolute atomic E-state index is 4.70. The second kappa shape index (κ2) is 11.1. The number of benzene rings is 1. The van der Waals surface area contributed by atoms with Crippen molar-refractivity contribution in [2.24, 2.45) is 4.99 Å². The number of aliphatic imine (C=N–C) groups is 1. The Balaban J connectivity index is 0.00000312. The van der Waals surface area contributed by atoms with E-state index in [1.165, 1.54) is 11.1 Å². The molecule has 0 amide bonds. The van der Waals surface area contributed by atoms with Crippen LogP contribution in [0.4, 0.5) is 0 Å². The van der Waals surface area contributed by atoms with Gasteiger partial charge in [-0.1, -0.05) is 31.2 Å². The highest BCUT2D eigenvalue weighted by Gasteiger charge is 2.08. The van der Waals surface area contributed by atoms with Gasteiger partial charge in [-0.2, -0.15) is 0 Å². The van der Waals surface area contributed by atoms with Crippen molar-refractivity contribution in [1.82, 2.24) is 25.0 Å². The summed E-state index contributed by atoms with van der Waals surface area (Å²) in [6.07, 6.45) is 2.81. The molecule has 0 bridgehead atoms. The van der Waals surface area contributed by atoms with E-state index in [0.29, 0.717) is 6.54 Å². The number of guanidine groups is 1. The summed E-state index contributed by atoms with van der Waals surface area (Å²) >= 11 is 0. The first-order valence-electron chi connectivity index (χ1n) is 8.61. The molecule has 1 aromatic carbocycles. The van der Waals surface area contributed by atoms with Crippen molar-refractivity contribution in [2.75, 3.05) is 13.6 Å². The molecule has 2 rings (SSSR count). The molecule has 0 atom stereocenters. The smallest absolute Gasteiger partial charge is 0.194 e. The van der Waals surface area contributed by atoms with E-state index in [9.17, 15) is 0 Å². The monoisotopic (exact) mass is 456 g/mol. The van der Waals surface area contributed by atoms with Crippen LogP contribution in [0.1, 0.15) is 37.7 Å². The summed E-state index contributed by atoms with van der Waals surface area (Å²) in [5.41, 5.74) is 2.64. The average Bonchev–Trinajstić information content (AvgIpc) is 3.06. The van der Waals surface area contributed by atoms with Gasteiger partial charge in [0, 0.05) is 26.7 Å². The Morgan fingerprint density at radius 1 is 1.16 bits per heavy atom. The minimum atomic E-state index is 0. The first-order chi connectivity index (χ1) is 11.7. The summed E-state index contributed by atoms with van der Waals surface area (Å²) in [6.45, 7) is 9.35.